The van der Waals surface area contributed by atoms with Gasteiger partial charge in [-0.05, 0) is 74.5 Å². The molecule has 4 aromatic carbocycles. The Bertz CT molecular complexity index is 1990. The summed E-state index contributed by atoms with van der Waals surface area (Å²) in [7, 11) is -1.10. The van der Waals surface area contributed by atoms with Crippen LogP contribution in [0.25, 0.3) is 0 Å². The second-order valence-corrected chi connectivity index (χ2v) is 18.3. The lowest BCUT2D eigenvalue weighted by atomic mass is 10.0. The maximum atomic E-state index is 12.7. The fraction of sp³-hybridized carbons (Fsp3) is 0.220. The molecule has 4 rings (SSSR count). The summed E-state index contributed by atoms with van der Waals surface area (Å²) in [6.07, 6.45) is 10.5. The van der Waals surface area contributed by atoms with Crippen molar-refractivity contribution in [2.24, 2.45) is 0 Å². The molecule has 0 N–H and O–H groups in total. The molecule has 0 unspecified atom stereocenters. The van der Waals surface area contributed by atoms with Crippen molar-refractivity contribution in [2.45, 2.75) is 33.5 Å². The van der Waals surface area contributed by atoms with Crippen LogP contribution in [0.4, 0.5) is 0 Å². The number of carbonyl (C=O) groups excluding carboxylic acids is 4. The SMILES string of the molecule is C#C[Si](C)(C)C.C#Cc1cccc(C(=O)c2cc(Cl)ccc2OCC(=O)OCC)c1.CCOC(=O)COc1ccc(Cl)cc1C(=O)c1cccc(Br)c1. The van der Waals surface area contributed by atoms with Gasteiger partial charge in [0.1, 0.15) is 19.6 Å². The Balaban J connectivity index is 0.000000318. The Morgan fingerprint density at radius 3 is 1.51 bits per heavy atom. The Morgan fingerprint density at radius 2 is 1.11 bits per heavy atom. The van der Waals surface area contributed by atoms with E-state index in [0.717, 1.165) is 4.47 Å². The zero-order valence-corrected chi connectivity index (χ0v) is 34.1. The molecule has 53 heavy (non-hydrogen) atoms. The number of halogens is 3. The van der Waals surface area contributed by atoms with Crippen molar-refractivity contribution in [3.63, 3.8) is 0 Å². The highest BCUT2D eigenvalue weighted by Crippen LogP contribution is 2.28. The maximum Gasteiger partial charge on any atom is 0.344 e. The van der Waals surface area contributed by atoms with Gasteiger partial charge >= 0.3 is 11.9 Å². The van der Waals surface area contributed by atoms with Crippen LogP contribution in [0.5, 0.6) is 11.5 Å². The van der Waals surface area contributed by atoms with E-state index in [-0.39, 0.29) is 55.1 Å². The van der Waals surface area contributed by atoms with Crippen LogP contribution >= 0.6 is 39.1 Å². The Morgan fingerprint density at radius 1 is 0.679 bits per heavy atom. The third kappa shape index (κ3) is 15.7. The first-order chi connectivity index (χ1) is 25.1. The average molecular weight is 839 g/mol. The number of terminal acetylenes is 2. The Kier molecular flexibility index (Phi) is 18.6. The van der Waals surface area contributed by atoms with Gasteiger partial charge in [-0.15, -0.1) is 18.4 Å². The molecule has 0 radical (unpaired) electrons. The number of ketones is 2. The molecule has 276 valence electrons. The summed E-state index contributed by atoms with van der Waals surface area (Å²) < 4.78 is 21.2. The van der Waals surface area contributed by atoms with E-state index in [4.69, 9.17) is 55.0 Å². The molecule has 4 aromatic rings. The maximum absolute atomic E-state index is 12.7. The van der Waals surface area contributed by atoms with E-state index in [1.165, 1.54) is 12.1 Å². The largest absolute Gasteiger partial charge is 0.481 e. The molecule has 0 aliphatic carbocycles. The van der Waals surface area contributed by atoms with Crippen LogP contribution in [-0.4, -0.2) is 58.0 Å². The molecule has 0 aliphatic rings. The summed E-state index contributed by atoms with van der Waals surface area (Å²) in [6.45, 7) is 9.82. The first kappa shape index (κ1) is 44.3. The van der Waals surface area contributed by atoms with Crippen molar-refractivity contribution < 1.29 is 38.1 Å². The highest BCUT2D eigenvalue weighted by atomic mass is 79.9. The quantitative estimate of drug-likeness (QED) is 0.0602. The molecule has 0 aliphatic heterocycles. The second kappa shape index (κ2) is 22.3. The topological polar surface area (TPSA) is 105 Å². The standard InChI is InChI=1S/C19H15ClO4.C17H14BrClO4.C5H10Si/c1-3-13-6-5-7-14(10-13)19(22)16-11-15(20)8-9-17(16)24-12-18(21)23-4-2;1-2-22-16(20)10-23-15-7-6-13(19)9-14(15)17(21)11-4-3-5-12(18)8-11;1-5-6(2,3)4/h1,5-11H,4,12H2,2H3;3-9H,2,10H2,1H3;1H,2-4H3. The monoisotopic (exact) mass is 836 g/mol. The summed E-state index contributed by atoms with van der Waals surface area (Å²) in [5.74, 6) is 1.47. The molecule has 0 saturated heterocycles. The van der Waals surface area contributed by atoms with Crippen LogP contribution in [0.3, 0.4) is 0 Å². The van der Waals surface area contributed by atoms with Crippen molar-refractivity contribution in [2.75, 3.05) is 26.4 Å². The summed E-state index contributed by atoms with van der Waals surface area (Å²) >= 11 is 15.3. The normalized spacial score (nSPS) is 10.1. The van der Waals surface area contributed by atoms with Gasteiger partial charge in [0.05, 0.1) is 24.3 Å². The average Bonchev–Trinajstić information content (AvgIpc) is 3.13. The van der Waals surface area contributed by atoms with Crippen molar-refractivity contribution in [3.05, 3.63) is 127 Å². The first-order valence-electron chi connectivity index (χ1n) is 16.2. The highest BCUT2D eigenvalue weighted by molar-refractivity contribution is 9.10. The molecule has 0 spiro atoms. The summed E-state index contributed by atoms with van der Waals surface area (Å²) in [5.41, 5.74) is 4.78. The molecular formula is C41H39BrCl2O8Si. The van der Waals surface area contributed by atoms with Gasteiger partial charge < -0.3 is 18.9 Å². The van der Waals surface area contributed by atoms with E-state index in [2.05, 4.69) is 47.0 Å². The lowest BCUT2D eigenvalue weighted by molar-refractivity contribution is -0.146. The molecule has 0 saturated carbocycles. The van der Waals surface area contributed by atoms with Gasteiger partial charge in [-0.25, -0.2) is 9.59 Å². The van der Waals surface area contributed by atoms with Crippen molar-refractivity contribution in [1.82, 2.24) is 0 Å². The van der Waals surface area contributed by atoms with Gasteiger partial charge in [0, 0.05) is 31.2 Å². The van der Waals surface area contributed by atoms with E-state index in [1.54, 1.807) is 80.6 Å². The first-order valence-corrected chi connectivity index (χ1v) is 21.2. The van der Waals surface area contributed by atoms with E-state index in [9.17, 15) is 19.2 Å². The minimum atomic E-state index is -1.10. The number of rotatable bonds is 12. The molecule has 0 fully saturated rings. The van der Waals surface area contributed by atoms with Crippen LogP contribution in [0.2, 0.25) is 29.7 Å². The molecule has 8 nitrogen and oxygen atoms in total. The third-order valence-electron chi connectivity index (χ3n) is 6.49. The molecule has 0 bridgehead atoms. The van der Waals surface area contributed by atoms with Gasteiger partial charge in [-0.3, -0.25) is 9.59 Å². The van der Waals surface area contributed by atoms with Crippen molar-refractivity contribution in [1.29, 1.82) is 0 Å². The summed E-state index contributed by atoms with van der Waals surface area (Å²) in [6, 6.07) is 23.0. The Labute approximate surface area is 330 Å². The lowest BCUT2D eigenvalue weighted by Crippen LogP contribution is -2.16. The van der Waals surface area contributed by atoms with Crippen LogP contribution in [0.1, 0.15) is 51.3 Å². The fourth-order valence-electron chi connectivity index (χ4n) is 3.98. The molecule has 0 atom stereocenters. The molecule has 0 amide bonds. The number of hydrogen-bond donors (Lipinski definition) is 0. The summed E-state index contributed by atoms with van der Waals surface area (Å²) in [5, 5.41) is 0.793. The number of ether oxygens (including phenoxy) is 4. The predicted molar refractivity (Wildman–Crippen MR) is 215 cm³/mol. The van der Waals surface area contributed by atoms with Crippen molar-refractivity contribution >= 4 is 70.7 Å². The zero-order valence-electron chi connectivity index (χ0n) is 30.0. The highest BCUT2D eigenvalue weighted by Gasteiger charge is 2.18. The zero-order chi connectivity index (χ0) is 39.6. The Hall–Kier alpha value is -4.84. The van der Waals surface area contributed by atoms with Crippen LogP contribution in [0.15, 0.2) is 89.4 Å². The van der Waals surface area contributed by atoms with Gasteiger partial charge in [0.15, 0.2) is 24.8 Å². The van der Waals surface area contributed by atoms with Crippen LogP contribution < -0.4 is 9.47 Å². The van der Waals surface area contributed by atoms with E-state index in [0.29, 0.717) is 32.3 Å². The van der Waals surface area contributed by atoms with E-state index in [1.807, 2.05) is 6.07 Å². The lowest BCUT2D eigenvalue weighted by Gasteiger charge is -2.11. The number of benzene rings is 4. The second-order valence-electron chi connectivity index (χ2n) is 11.8. The van der Waals surface area contributed by atoms with E-state index >= 15 is 0 Å². The van der Waals surface area contributed by atoms with Crippen LogP contribution in [0, 0.1) is 24.3 Å². The van der Waals surface area contributed by atoms with Crippen LogP contribution in [-0.2, 0) is 19.1 Å². The number of carbonyl (C=O) groups is 4. The summed E-state index contributed by atoms with van der Waals surface area (Å²) in [4.78, 5) is 48.3. The van der Waals surface area contributed by atoms with Gasteiger partial charge in [0.25, 0.3) is 0 Å². The van der Waals surface area contributed by atoms with E-state index < -0.39 is 20.0 Å². The van der Waals surface area contributed by atoms with Gasteiger partial charge in [0.2, 0.25) is 0 Å². The molecular weight excluding hydrogens is 799 g/mol. The van der Waals surface area contributed by atoms with Crippen molar-refractivity contribution in [3.8, 4) is 35.8 Å². The van der Waals surface area contributed by atoms with Gasteiger partial charge in [-0.1, -0.05) is 89.0 Å². The fourth-order valence-corrected chi connectivity index (χ4v) is 4.72. The third-order valence-corrected chi connectivity index (χ3v) is 8.31. The number of hydrogen-bond acceptors (Lipinski definition) is 8. The molecule has 0 aromatic heterocycles. The predicted octanol–water partition coefficient (Wildman–Crippen LogP) is 9.27. The minimum absolute atomic E-state index is 0.243. The van der Waals surface area contributed by atoms with Gasteiger partial charge in [-0.2, -0.15) is 0 Å². The number of esters is 2. The molecule has 0 heterocycles. The molecule has 12 heteroatoms. The smallest absolute Gasteiger partial charge is 0.344 e. The minimum Gasteiger partial charge on any atom is -0.481 e.